The Labute approximate surface area is 125 Å². The smallest absolute Gasteiger partial charge is 0.178 e. The van der Waals surface area contributed by atoms with Crippen LogP contribution in [-0.2, 0) is 9.47 Å². The van der Waals surface area contributed by atoms with Gasteiger partial charge in [-0.1, -0.05) is 12.1 Å². The highest BCUT2D eigenvalue weighted by Crippen LogP contribution is 2.25. The van der Waals surface area contributed by atoms with Crippen molar-refractivity contribution in [2.24, 2.45) is 0 Å². The van der Waals surface area contributed by atoms with Crippen molar-refractivity contribution in [2.75, 3.05) is 13.2 Å². The highest BCUT2D eigenvalue weighted by atomic mass is 16.7. The fraction of sp³-hybridized carbons (Fsp3) is 0.625. The molecule has 1 heterocycles. The summed E-state index contributed by atoms with van der Waals surface area (Å²) in [7, 11) is 0. The molecule has 0 spiro atoms. The van der Waals surface area contributed by atoms with Gasteiger partial charge in [0.05, 0.1) is 19.3 Å². The van der Waals surface area contributed by atoms with Crippen molar-refractivity contribution in [2.45, 2.75) is 51.3 Å². The van der Waals surface area contributed by atoms with Crippen molar-refractivity contribution in [1.82, 2.24) is 0 Å². The van der Waals surface area contributed by atoms with Crippen molar-refractivity contribution in [3.63, 3.8) is 0 Å². The zero-order chi connectivity index (χ0) is 15.3. The molecule has 2 N–H and O–H groups in total. The number of hydrogen-bond donors (Lipinski definition) is 2. The van der Waals surface area contributed by atoms with Gasteiger partial charge >= 0.3 is 0 Å². The monoisotopic (exact) mass is 296 g/mol. The van der Waals surface area contributed by atoms with Crippen molar-refractivity contribution >= 4 is 0 Å². The fourth-order valence-corrected chi connectivity index (χ4v) is 2.31. The van der Waals surface area contributed by atoms with Gasteiger partial charge in [-0.05, 0) is 45.2 Å². The standard InChI is InChI=1S/C16H24O5/c1-16(2)20-11-14(21-16)5-3-4-10-19-13-8-6-12(7-9-13)15(17)18/h6-9,14-15,17-18H,3-5,10-11H2,1-2H3. The molecule has 1 aliphatic heterocycles. The molecule has 1 saturated heterocycles. The third-order valence-electron chi connectivity index (χ3n) is 3.43. The summed E-state index contributed by atoms with van der Waals surface area (Å²) in [6.07, 6.45) is 1.70. The van der Waals surface area contributed by atoms with Gasteiger partial charge < -0.3 is 24.4 Å². The Morgan fingerprint density at radius 1 is 1.24 bits per heavy atom. The molecule has 0 aromatic heterocycles. The maximum Gasteiger partial charge on any atom is 0.178 e. The Morgan fingerprint density at radius 2 is 1.95 bits per heavy atom. The summed E-state index contributed by atoms with van der Waals surface area (Å²) in [5.74, 6) is 0.293. The van der Waals surface area contributed by atoms with E-state index in [4.69, 9.17) is 24.4 Å². The summed E-state index contributed by atoms with van der Waals surface area (Å²) >= 11 is 0. The highest BCUT2D eigenvalue weighted by molar-refractivity contribution is 5.27. The van der Waals surface area contributed by atoms with Gasteiger partial charge in [0.25, 0.3) is 0 Å². The first-order chi connectivity index (χ1) is 9.96. The molecule has 21 heavy (non-hydrogen) atoms. The Hall–Kier alpha value is -1.14. The van der Waals surface area contributed by atoms with Crippen LogP contribution in [0.5, 0.6) is 5.75 Å². The summed E-state index contributed by atoms with van der Waals surface area (Å²) in [5, 5.41) is 18.0. The normalized spacial score (nSPS) is 20.9. The largest absolute Gasteiger partial charge is 0.494 e. The quantitative estimate of drug-likeness (QED) is 0.597. The van der Waals surface area contributed by atoms with E-state index in [9.17, 15) is 0 Å². The topological polar surface area (TPSA) is 68.2 Å². The molecule has 5 heteroatoms. The molecular weight excluding hydrogens is 272 g/mol. The minimum Gasteiger partial charge on any atom is -0.494 e. The van der Waals surface area contributed by atoms with Gasteiger partial charge in [0, 0.05) is 5.56 Å². The average Bonchev–Trinajstić information content (AvgIpc) is 2.78. The van der Waals surface area contributed by atoms with E-state index >= 15 is 0 Å². The van der Waals surface area contributed by atoms with Gasteiger partial charge in [-0.25, -0.2) is 0 Å². The van der Waals surface area contributed by atoms with Gasteiger partial charge in [-0.2, -0.15) is 0 Å². The molecule has 1 fully saturated rings. The second-order valence-electron chi connectivity index (χ2n) is 5.74. The lowest BCUT2D eigenvalue weighted by Crippen LogP contribution is -2.21. The van der Waals surface area contributed by atoms with Crippen molar-refractivity contribution in [3.05, 3.63) is 29.8 Å². The van der Waals surface area contributed by atoms with E-state index in [1.807, 2.05) is 13.8 Å². The Morgan fingerprint density at radius 3 is 2.52 bits per heavy atom. The first-order valence-electron chi connectivity index (χ1n) is 7.37. The zero-order valence-electron chi connectivity index (χ0n) is 12.6. The van der Waals surface area contributed by atoms with Crippen LogP contribution in [0.2, 0.25) is 0 Å². The van der Waals surface area contributed by atoms with Crippen LogP contribution in [0.4, 0.5) is 0 Å². The lowest BCUT2D eigenvalue weighted by Gasteiger charge is -2.17. The predicted octanol–water partition coefficient (Wildman–Crippen LogP) is 2.37. The third kappa shape index (κ3) is 5.28. The molecule has 5 nitrogen and oxygen atoms in total. The third-order valence-corrected chi connectivity index (χ3v) is 3.43. The van der Waals surface area contributed by atoms with E-state index in [1.54, 1.807) is 24.3 Å². The molecular formula is C16H24O5. The summed E-state index contributed by atoms with van der Waals surface area (Å²) in [6.45, 7) is 5.17. The van der Waals surface area contributed by atoms with Crippen LogP contribution >= 0.6 is 0 Å². The summed E-state index contributed by atoms with van der Waals surface area (Å²) in [4.78, 5) is 0. The average molecular weight is 296 g/mol. The van der Waals surface area contributed by atoms with Gasteiger partial charge in [0.15, 0.2) is 12.1 Å². The van der Waals surface area contributed by atoms with Gasteiger partial charge in [-0.3, -0.25) is 0 Å². The van der Waals surface area contributed by atoms with Crippen molar-refractivity contribution < 1.29 is 24.4 Å². The predicted molar refractivity (Wildman–Crippen MR) is 77.9 cm³/mol. The van der Waals surface area contributed by atoms with E-state index in [1.165, 1.54) is 0 Å². The van der Waals surface area contributed by atoms with E-state index in [2.05, 4.69) is 0 Å². The number of benzene rings is 1. The molecule has 1 unspecified atom stereocenters. The summed E-state index contributed by atoms with van der Waals surface area (Å²) < 4.78 is 16.9. The van der Waals surface area contributed by atoms with Crippen LogP contribution in [-0.4, -0.2) is 35.3 Å². The molecule has 1 aromatic rings. The summed E-state index contributed by atoms with van der Waals surface area (Å²) in [6, 6.07) is 6.77. The Balaban J connectivity index is 1.59. The zero-order valence-corrected chi connectivity index (χ0v) is 12.6. The maximum atomic E-state index is 8.99. The van der Waals surface area contributed by atoms with Gasteiger partial charge in [-0.15, -0.1) is 0 Å². The van der Waals surface area contributed by atoms with Crippen LogP contribution < -0.4 is 4.74 Å². The van der Waals surface area contributed by atoms with Crippen molar-refractivity contribution in [1.29, 1.82) is 0 Å². The lowest BCUT2D eigenvalue weighted by molar-refractivity contribution is -0.139. The first kappa shape index (κ1) is 16.2. The number of unbranched alkanes of at least 4 members (excludes halogenated alkanes) is 1. The molecule has 0 aliphatic carbocycles. The van der Waals surface area contributed by atoms with Gasteiger partial charge in [0.1, 0.15) is 5.75 Å². The van der Waals surface area contributed by atoms with Crippen LogP contribution in [0, 0.1) is 0 Å². The van der Waals surface area contributed by atoms with Crippen LogP contribution in [0.25, 0.3) is 0 Å². The summed E-state index contributed by atoms with van der Waals surface area (Å²) in [5.41, 5.74) is 0.461. The Bertz CT molecular complexity index is 427. The molecule has 0 radical (unpaired) electrons. The molecule has 0 saturated carbocycles. The van der Waals surface area contributed by atoms with Crippen LogP contribution in [0.3, 0.4) is 0 Å². The number of ether oxygens (including phenoxy) is 3. The SMILES string of the molecule is CC1(C)OCC(CCCCOc2ccc(C(O)O)cc2)O1. The molecule has 1 atom stereocenters. The molecule has 2 rings (SSSR count). The van der Waals surface area contributed by atoms with Crippen LogP contribution in [0.1, 0.15) is 45.0 Å². The number of rotatable bonds is 7. The molecule has 0 bridgehead atoms. The molecule has 1 aromatic carbocycles. The minimum absolute atomic E-state index is 0.185. The van der Waals surface area contributed by atoms with Crippen LogP contribution in [0.15, 0.2) is 24.3 Å². The second-order valence-corrected chi connectivity index (χ2v) is 5.74. The maximum absolute atomic E-state index is 8.99. The highest BCUT2D eigenvalue weighted by Gasteiger charge is 2.31. The molecule has 0 amide bonds. The molecule has 118 valence electrons. The van der Waals surface area contributed by atoms with E-state index in [0.29, 0.717) is 18.8 Å². The second kappa shape index (κ2) is 7.22. The van der Waals surface area contributed by atoms with E-state index in [-0.39, 0.29) is 6.10 Å². The fourth-order valence-electron chi connectivity index (χ4n) is 2.31. The number of hydrogen-bond acceptors (Lipinski definition) is 5. The Kier molecular flexibility index (Phi) is 5.58. The number of aliphatic hydroxyl groups excluding tert-OH is 1. The first-order valence-corrected chi connectivity index (χ1v) is 7.37. The van der Waals surface area contributed by atoms with E-state index in [0.717, 1.165) is 25.0 Å². The number of aliphatic hydroxyl groups is 2. The van der Waals surface area contributed by atoms with E-state index < -0.39 is 12.1 Å². The van der Waals surface area contributed by atoms with Gasteiger partial charge in [0.2, 0.25) is 0 Å². The lowest BCUT2D eigenvalue weighted by atomic mass is 10.1. The van der Waals surface area contributed by atoms with Crippen molar-refractivity contribution in [3.8, 4) is 5.75 Å². The molecule has 1 aliphatic rings. The minimum atomic E-state index is -1.43.